The molecule has 1 aromatic rings. The number of nitrogens with one attached hydrogen (secondary N) is 1. The van der Waals surface area contributed by atoms with Crippen LogP contribution < -0.4 is 5.32 Å². The minimum atomic E-state index is -0.503. The molecule has 68 valence electrons. The van der Waals surface area contributed by atoms with Crippen molar-refractivity contribution < 1.29 is 9.63 Å². The normalized spacial score (nSPS) is 13.2. The van der Waals surface area contributed by atoms with Gasteiger partial charge in [-0.3, -0.25) is 5.32 Å². The Bertz CT molecular complexity index is 236. The van der Waals surface area contributed by atoms with Crippen LogP contribution >= 0.6 is 0 Å². The zero-order chi connectivity index (χ0) is 8.97. The van der Waals surface area contributed by atoms with Crippen LogP contribution in [0.3, 0.4) is 0 Å². The Morgan fingerprint density at radius 3 is 2.92 bits per heavy atom. The Hall–Kier alpha value is -0.940. The van der Waals surface area contributed by atoms with Gasteiger partial charge in [-0.2, -0.15) is 4.98 Å². The molecule has 2 N–H and O–H groups in total. The lowest BCUT2D eigenvalue weighted by Crippen LogP contribution is -2.27. The van der Waals surface area contributed by atoms with E-state index in [-0.39, 0.29) is 0 Å². The van der Waals surface area contributed by atoms with E-state index in [1.165, 1.54) is 0 Å². The summed E-state index contributed by atoms with van der Waals surface area (Å²) in [5.74, 6) is 1.11. The maximum atomic E-state index is 9.13. The minimum absolute atomic E-state index is 0.413. The van der Waals surface area contributed by atoms with Gasteiger partial charge >= 0.3 is 0 Å². The van der Waals surface area contributed by atoms with Crippen LogP contribution in [0.2, 0.25) is 0 Å². The molecule has 1 unspecified atom stereocenters. The van der Waals surface area contributed by atoms with Crippen molar-refractivity contribution in [2.75, 3.05) is 0 Å². The summed E-state index contributed by atoms with van der Waals surface area (Å²) in [6.45, 7) is 4.05. The first kappa shape index (κ1) is 9.15. The topological polar surface area (TPSA) is 71.2 Å². The van der Waals surface area contributed by atoms with Crippen LogP contribution in [-0.2, 0) is 6.54 Å². The Morgan fingerprint density at radius 1 is 1.67 bits per heavy atom. The summed E-state index contributed by atoms with van der Waals surface area (Å²) in [4.78, 5) is 3.97. The first-order valence-electron chi connectivity index (χ1n) is 3.93. The molecule has 5 nitrogen and oxygen atoms in total. The second-order valence-corrected chi connectivity index (χ2v) is 2.54. The SMILES string of the molecule is CCC(O)NCc1nc(C)no1. The molecule has 0 aliphatic heterocycles. The predicted octanol–water partition coefficient (Wildman–Crippen LogP) is 0.196. The maximum absolute atomic E-state index is 9.13. The standard InChI is InChI=1S/C7H13N3O2/c1-3-6(11)8-4-7-9-5(2)10-12-7/h6,8,11H,3-4H2,1-2H3. The van der Waals surface area contributed by atoms with Crippen LogP contribution in [-0.4, -0.2) is 21.5 Å². The molecule has 0 saturated heterocycles. The highest BCUT2D eigenvalue weighted by Gasteiger charge is 2.04. The number of hydrogen-bond donors (Lipinski definition) is 2. The molecule has 0 fully saturated rings. The van der Waals surface area contributed by atoms with E-state index in [0.717, 1.165) is 0 Å². The molecule has 0 saturated carbocycles. The third-order valence-corrected chi connectivity index (χ3v) is 1.45. The van der Waals surface area contributed by atoms with E-state index >= 15 is 0 Å². The summed E-state index contributed by atoms with van der Waals surface area (Å²) in [7, 11) is 0. The molecule has 0 amide bonds. The third kappa shape index (κ3) is 2.60. The monoisotopic (exact) mass is 171 g/mol. The predicted molar refractivity (Wildman–Crippen MR) is 42.2 cm³/mol. The summed E-state index contributed by atoms with van der Waals surface area (Å²) in [5.41, 5.74) is 0. The molecule has 1 atom stereocenters. The van der Waals surface area contributed by atoms with Gasteiger partial charge in [0, 0.05) is 0 Å². The largest absolute Gasteiger partial charge is 0.379 e. The lowest BCUT2D eigenvalue weighted by atomic mass is 10.4. The Kier molecular flexibility index (Phi) is 3.19. The molecular weight excluding hydrogens is 158 g/mol. The lowest BCUT2D eigenvalue weighted by Gasteiger charge is -2.06. The van der Waals surface area contributed by atoms with Gasteiger partial charge in [0.05, 0.1) is 6.54 Å². The van der Waals surface area contributed by atoms with Gasteiger partial charge in [0.2, 0.25) is 5.89 Å². The molecule has 0 aromatic carbocycles. The van der Waals surface area contributed by atoms with Crippen LogP contribution in [0.25, 0.3) is 0 Å². The van der Waals surface area contributed by atoms with Crippen molar-refractivity contribution in [3.63, 3.8) is 0 Å². The second-order valence-electron chi connectivity index (χ2n) is 2.54. The van der Waals surface area contributed by atoms with E-state index in [4.69, 9.17) is 9.63 Å². The highest BCUT2D eigenvalue weighted by Crippen LogP contribution is 1.95. The van der Waals surface area contributed by atoms with Gasteiger partial charge in [-0.1, -0.05) is 12.1 Å². The number of aliphatic hydroxyl groups is 1. The number of aryl methyl sites for hydroxylation is 1. The molecule has 0 spiro atoms. The molecule has 0 bridgehead atoms. The molecule has 12 heavy (non-hydrogen) atoms. The van der Waals surface area contributed by atoms with Crippen LogP contribution in [0.5, 0.6) is 0 Å². The molecule has 1 rings (SSSR count). The van der Waals surface area contributed by atoms with Gasteiger partial charge in [0.15, 0.2) is 5.82 Å². The summed E-state index contributed by atoms with van der Waals surface area (Å²) in [6.07, 6.45) is 0.157. The van der Waals surface area contributed by atoms with Crippen molar-refractivity contribution in [1.29, 1.82) is 0 Å². The fourth-order valence-corrected chi connectivity index (χ4v) is 0.761. The molecule has 0 aliphatic carbocycles. The fraction of sp³-hybridized carbons (Fsp3) is 0.714. The van der Waals surface area contributed by atoms with Gasteiger partial charge in [-0.05, 0) is 13.3 Å². The molecule has 0 aliphatic rings. The molecule has 5 heteroatoms. The van der Waals surface area contributed by atoms with Crippen molar-refractivity contribution in [2.45, 2.75) is 33.0 Å². The zero-order valence-corrected chi connectivity index (χ0v) is 7.24. The minimum Gasteiger partial charge on any atom is -0.379 e. The smallest absolute Gasteiger partial charge is 0.240 e. The fourth-order valence-electron chi connectivity index (χ4n) is 0.761. The number of aromatic nitrogens is 2. The Morgan fingerprint density at radius 2 is 2.42 bits per heavy atom. The Labute approximate surface area is 70.8 Å². The maximum Gasteiger partial charge on any atom is 0.240 e. The highest BCUT2D eigenvalue weighted by molar-refractivity contribution is 4.81. The number of nitrogens with zero attached hydrogens (tertiary/aromatic N) is 2. The summed E-state index contributed by atoms with van der Waals surface area (Å²) >= 11 is 0. The van der Waals surface area contributed by atoms with Gasteiger partial charge in [-0.25, -0.2) is 0 Å². The van der Waals surface area contributed by atoms with Crippen molar-refractivity contribution in [1.82, 2.24) is 15.5 Å². The number of hydrogen-bond acceptors (Lipinski definition) is 5. The van der Waals surface area contributed by atoms with Gasteiger partial charge < -0.3 is 9.63 Å². The third-order valence-electron chi connectivity index (χ3n) is 1.45. The number of rotatable bonds is 4. The summed E-state index contributed by atoms with van der Waals surface area (Å²) in [5, 5.41) is 15.6. The Balaban J connectivity index is 2.33. The molecular formula is C7H13N3O2. The van der Waals surface area contributed by atoms with E-state index in [0.29, 0.717) is 24.7 Å². The summed E-state index contributed by atoms with van der Waals surface area (Å²) in [6, 6.07) is 0. The highest BCUT2D eigenvalue weighted by atomic mass is 16.5. The van der Waals surface area contributed by atoms with Crippen molar-refractivity contribution >= 4 is 0 Å². The van der Waals surface area contributed by atoms with E-state index in [2.05, 4.69) is 15.5 Å². The lowest BCUT2D eigenvalue weighted by molar-refractivity contribution is 0.126. The van der Waals surface area contributed by atoms with Crippen molar-refractivity contribution in [3.8, 4) is 0 Å². The van der Waals surface area contributed by atoms with E-state index in [1.807, 2.05) is 6.92 Å². The molecule has 1 aromatic heterocycles. The molecule has 0 radical (unpaired) electrons. The first-order chi connectivity index (χ1) is 5.72. The van der Waals surface area contributed by atoms with E-state index in [9.17, 15) is 0 Å². The van der Waals surface area contributed by atoms with Gasteiger partial charge in [0.25, 0.3) is 0 Å². The zero-order valence-electron chi connectivity index (χ0n) is 7.24. The quantitative estimate of drug-likeness (QED) is 0.633. The van der Waals surface area contributed by atoms with Crippen molar-refractivity contribution in [2.24, 2.45) is 0 Å². The average Bonchev–Trinajstić information content (AvgIpc) is 2.47. The van der Waals surface area contributed by atoms with E-state index < -0.39 is 6.23 Å². The van der Waals surface area contributed by atoms with E-state index in [1.54, 1.807) is 6.92 Å². The first-order valence-corrected chi connectivity index (χ1v) is 3.93. The van der Waals surface area contributed by atoms with Crippen LogP contribution in [0.15, 0.2) is 4.52 Å². The summed E-state index contributed by atoms with van der Waals surface area (Å²) < 4.78 is 4.82. The van der Waals surface area contributed by atoms with Gasteiger partial charge in [-0.15, -0.1) is 0 Å². The molecule has 1 heterocycles. The second kappa shape index (κ2) is 4.18. The van der Waals surface area contributed by atoms with Crippen LogP contribution in [0, 0.1) is 6.92 Å². The number of aliphatic hydroxyl groups excluding tert-OH is 1. The van der Waals surface area contributed by atoms with Crippen LogP contribution in [0.1, 0.15) is 25.1 Å². The van der Waals surface area contributed by atoms with Crippen molar-refractivity contribution in [3.05, 3.63) is 11.7 Å². The average molecular weight is 171 g/mol. The van der Waals surface area contributed by atoms with Gasteiger partial charge in [0.1, 0.15) is 6.23 Å². The van der Waals surface area contributed by atoms with Crippen LogP contribution in [0.4, 0.5) is 0 Å².